The quantitative estimate of drug-likeness (QED) is 0.371. The monoisotopic (exact) mass is 497 g/mol. The Morgan fingerprint density at radius 2 is 1.86 bits per heavy atom. The number of nitrogens with zero attached hydrogens (tertiary/aromatic N) is 4. The molecule has 2 aliphatic heterocycles. The molecular formula is C27H23N5O3S. The molecule has 0 radical (unpaired) electrons. The van der Waals surface area contributed by atoms with Crippen molar-refractivity contribution in [2.24, 2.45) is 10.1 Å². The molecule has 0 atom stereocenters. The van der Waals surface area contributed by atoms with Gasteiger partial charge >= 0.3 is 0 Å². The van der Waals surface area contributed by atoms with Crippen LogP contribution in [-0.4, -0.2) is 45.2 Å². The van der Waals surface area contributed by atoms with E-state index in [1.54, 1.807) is 18.5 Å². The summed E-state index contributed by atoms with van der Waals surface area (Å²) in [5.41, 5.74) is 3.97. The number of amidine groups is 2. The van der Waals surface area contributed by atoms with Crippen LogP contribution in [0.1, 0.15) is 22.3 Å². The van der Waals surface area contributed by atoms with Crippen LogP contribution >= 0.6 is 11.8 Å². The predicted molar refractivity (Wildman–Crippen MR) is 142 cm³/mol. The van der Waals surface area contributed by atoms with Crippen molar-refractivity contribution in [2.45, 2.75) is 13.8 Å². The Balaban J connectivity index is 1.22. The zero-order valence-corrected chi connectivity index (χ0v) is 20.6. The van der Waals surface area contributed by atoms with E-state index in [0.717, 1.165) is 28.0 Å². The van der Waals surface area contributed by atoms with Crippen LogP contribution < -0.4 is 9.47 Å². The number of amides is 1. The number of fused-ring (bicyclic) bond motifs is 1. The van der Waals surface area contributed by atoms with Crippen LogP contribution in [0.25, 0.3) is 6.08 Å². The fourth-order valence-electron chi connectivity index (χ4n) is 3.60. The molecule has 0 spiro atoms. The Hall–Kier alpha value is -4.24. The van der Waals surface area contributed by atoms with Crippen molar-refractivity contribution < 1.29 is 14.3 Å². The highest BCUT2D eigenvalue weighted by atomic mass is 32.2. The maximum Gasteiger partial charge on any atom is 0.283 e. The fraction of sp³-hybridized carbons (Fsp3) is 0.148. The lowest BCUT2D eigenvalue weighted by atomic mass is 10.1. The molecule has 3 aromatic rings. The number of aryl methyl sites for hydroxylation is 2. The summed E-state index contributed by atoms with van der Waals surface area (Å²) in [6, 6.07) is 17.1. The molecule has 0 bridgehead atoms. The molecule has 2 aliphatic rings. The number of ether oxygens (including phenoxy) is 2. The van der Waals surface area contributed by atoms with Crippen LogP contribution in [0.3, 0.4) is 0 Å². The molecule has 1 N–H and O–H groups in total. The molecule has 36 heavy (non-hydrogen) atoms. The van der Waals surface area contributed by atoms with Gasteiger partial charge in [-0.1, -0.05) is 24.3 Å². The molecule has 9 heteroatoms. The smallest absolute Gasteiger partial charge is 0.283 e. The van der Waals surface area contributed by atoms with E-state index >= 15 is 0 Å². The van der Waals surface area contributed by atoms with Gasteiger partial charge in [0.05, 0.1) is 5.57 Å². The lowest BCUT2D eigenvalue weighted by molar-refractivity contribution is -0.114. The van der Waals surface area contributed by atoms with Gasteiger partial charge in [0.25, 0.3) is 5.91 Å². The van der Waals surface area contributed by atoms with Gasteiger partial charge < -0.3 is 9.47 Å². The third-order valence-electron chi connectivity index (χ3n) is 5.51. The highest BCUT2D eigenvalue weighted by Crippen LogP contribution is 2.30. The molecule has 1 aromatic heterocycles. The van der Waals surface area contributed by atoms with Gasteiger partial charge in [-0.2, -0.15) is 15.1 Å². The lowest BCUT2D eigenvalue weighted by Gasteiger charge is -2.20. The van der Waals surface area contributed by atoms with E-state index < -0.39 is 5.91 Å². The molecule has 180 valence electrons. The van der Waals surface area contributed by atoms with Gasteiger partial charge in [-0.05, 0) is 78.7 Å². The predicted octanol–water partition coefficient (Wildman–Crippen LogP) is 4.82. The van der Waals surface area contributed by atoms with E-state index in [-0.39, 0.29) is 11.4 Å². The molecular weight excluding hydrogens is 474 g/mol. The second-order valence-electron chi connectivity index (χ2n) is 8.20. The highest BCUT2D eigenvalue weighted by molar-refractivity contribution is 8.27. The molecule has 8 nitrogen and oxygen atoms in total. The van der Waals surface area contributed by atoms with Crippen LogP contribution in [0.4, 0.5) is 0 Å². The zero-order valence-electron chi connectivity index (χ0n) is 19.8. The van der Waals surface area contributed by atoms with Gasteiger partial charge in [0.1, 0.15) is 29.8 Å². The van der Waals surface area contributed by atoms with Crippen molar-refractivity contribution in [3.63, 3.8) is 0 Å². The molecule has 2 aromatic carbocycles. The summed E-state index contributed by atoms with van der Waals surface area (Å²) < 4.78 is 11.6. The molecule has 0 saturated heterocycles. The first kappa shape index (κ1) is 23.5. The van der Waals surface area contributed by atoms with E-state index in [2.05, 4.69) is 21.1 Å². The fourth-order valence-corrected chi connectivity index (χ4v) is 4.48. The Morgan fingerprint density at radius 3 is 2.64 bits per heavy atom. The summed E-state index contributed by atoms with van der Waals surface area (Å²) >= 11 is 1.25. The number of thioether (sulfide) groups is 1. The highest BCUT2D eigenvalue weighted by Gasteiger charge is 2.36. The molecule has 5 rings (SSSR count). The van der Waals surface area contributed by atoms with E-state index in [9.17, 15) is 4.79 Å². The lowest BCUT2D eigenvalue weighted by Crippen LogP contribution is -2.35. The minimum absolute atomic E-state index is 0.0136. The molecule has 1 amide bonds. The Bertz CT molecular complexity index is 1420. The molecule has 3 heterocycles. The van der Waals surface area contributed by atoms with E-state index in [1.165, 1.54) is 16.8 Å². The number of carbonyl (C=O) groups excluding carboxylic acids is 1. The summed E-state index contributed by atoms with van der Waals surface area (Å²) in [4.78, 5) is 20.9. The summed E-state index contributed by atoms with van der Waals surface area (Å²) in [6.07, 6.45) is 5.00. The average molecular weight is 498 g/mol. The van der Waals surface area contributed by atoms with Gasteiger partial charge in [-0.3, -0.25) is 15.2 Å². The molecule has 0 fully saturated rings. The van der Waals surface area contributed by atoms with E-state index in [1.807, 2.05) is 62.4 Å². The van der Waals surface area contributed by atoms with Gasteiger partial charge in [0.2, 0.25) is 5.17 Å². The van der Waals surface area contributed by atoms with Gasteiger partial charge in [-0.15, -0.1) is 0 Å². The summed E-state index contributed by atoms with van der Waals surface area (Å²) in [5.74, 6) is 1.07. The number of hydrazone groups is 1. The molecule has 0 unspecified atom stereocenters. The first-order chi connectivity index (χ1) is 17.5. The topological polar surface area (TPSA) is 100 Å². The Morgan fingerprint density at radius 1 is 1.06 bits per heavy atom. The number of nitrogens with one attached hydrogen (secondary N) is 1. The number of carbonyl (C=O) groups is 1. The van der Waals surface area contributed by atoms with E-state index in [4.69, 9.17) is 14.9 Å². The van der Waals surface area contributed by atoms with Crippen molar-refractivity contribution in [3.8, 4) is 11.5 Å². The van der Waals surface area contributed by atoms with Gasteiger partial charge in [0, 0.05) is 18.0 Å². The largest absolute Gasteiger partial charge is 0.490 e. The first-order valence-electron chi connectivity index (χ1n) is 11.3. The number of aromatic nitrogens is 1. The molecule has 0 saturated carbocycles. The second kappa shape index (κ2) is 10.2. The third-order valence-corrected chi connectivity index (χ3v) is 6.46. The maximum absolute atomic E-state index is 12.7. The number of aliphatic imine (C=N–C) groups is 1. The van der Waals surface area contributed by atoms with Crippen molar-refractivity contribution in [3.05, 3.63) is 94.8 Å². The number of hydrogen-bond donors (Lipinski definition) is 1. The van der Waals surface area contributed by atoms with Crippen LogP contribution in [-0.2, 0) is 4.79 Å². The summed E-state index contributed by atoms with van der Waals surface area (Å²) in [5, 5.41) is 15.4. The number of pyridine rings is 1. The minimum atomic E-state index is -0.467. The number of rotatable bonds is 7. The normalized spacial score (nSPS) is 16.1. The van der Waals surface area contributed by atoms with E-state index in [0.29, 0.717) is 29.2 Å². The van der Waals surface area contributed by atoms with Crippen LogP contribution in [0, 0.1) is 19.3 Å². The molecule has 0 aliphatic carbocycles. The Kier molecular flexibility index (Phi) is 6.64. The van der Waals surface area contributed by atoms with Crippen LogP contribution in [0.2, 0.25) is 0 Å². The van der Waals surface area contributed by atoms with Gasteiger partial charge in [-0.25, -0.2) is 0 Å². The second-order valence-corrected chi connectivity index (χ2v) is 9.16. The van der Waals surface area contributed by atoms with Gasteiger partial charge in [0.15, 0.2) is 5.84 Å². The van der Waals surface area contributed by atoms with Crippen molar-refractivity contribution >= 4 is 39.8 Å². The zero-order chi connectivity index (χ0) is 25.1. The van der Waals surface area contributed by atoms with Crippen molar-refractivity contribution in [1.29, 1.82) is 5.41 Å². The standard InChI is InChI=1S/C27H23N5O3S/c1-17-5-6-18(2)23(14-17)35-13-12-34-21-9-7-19(8-10-21)15-22-24(28)32-27(30-25(22)33)36-26(31-32)20-4-3-11-29-16-20/h3-11,14-16,28H,12-13H2,1-2H3. The SMILES string of the molecule is Cc1ccc(C)c(OCCOc2ccc(C=C3C(=N)N4N=C(c5cccnc5)SC4=NC3=O)cc2)c1. The maximum atomic E-state index is 12.7. The van der Waals surface area contributed by atoms with Crippen LogP contribution in [0.5, 0.6) is 11.5 Å². The average Bonchev–Trinajstić information content (AvgIpc) is 3.32. The number of hydrogen-bond acceptors (Lipinski definition) is 7. The summed E-state index contributed by atoms with van der Waals surface area (Å²) in [7, 11) is 0. The summed E-state index contributed by atoms with van der Waals surface area (Å²) in [6.45, 7) is 4.88. The number of benzene rings is 2. The van der Waals surface area contributed by atoms with Crippen molar-refractivity contribution in [2.75, 3.05) is 13.2 Å². The van der Waals surface area contributed by atoms with Crippen molar-refractivity contribution in [1.82, 2.24) is 9.99 Å². The Labute approximate surface area is 212 Å². The van der Waals surface area contributed by atoms with Crippen LogP contribution in [0.15, 0.2) is 82.7 Å². The minimum Gasteiger partial charge on any atom is -0.490 e. The first-order valence-corrected chi connectivity index (χ1v) is 12.1. The third kappa shape index (κ3) is 5.06.